The molecule has 1 fully saturated rings. The van der Waals surface area contributed by atoms with Gasteiger partial charge < -0.3 is 9.84 Å². The Kier molecular flexibility index (Phi) is 3.00. The van der Waals surface area contributed by atoms with Crippen molar-refractivity contribution in [2.24, 2.45) is 0 Å². The van der Waals surface area contributed by atoms with Gasteiger partial charge in [0.15, 0.2) is 11.5 Å². The van der Waals surface area contributed by atoms with Crippen molar-refractivity contribution in [2.45, 2.75) is 19.8 Å². The third-order valence-corrected chi connectivity index (χ3v) is 2.68. The summed E-state index contributed by atoms with van der Waals surface area (Å²) in [6.45, 7) is 4.60. The summed E-state index contributed by atoms with van der Waals surface area (Å²) in [6, 6.07) is 0. The second kappa shape index (κ2) is 4.45. The molecule has 0 radical (unpaired) electrons. The van der Waals surface area contributed by atoms with Crippen LogP contribution in [0.2, 0.25) is 0 Å². The molecular formula is C14H14O3. The third-order valence-electron chi connectivity index (χ3n) is 2.68. The number of carboxylic acids is 1. The normalized spacial score (nSPS) is 18.6. The second-order valence-corrected chi connectivity index (χ2v) is 4.09. The maximum atomic E-state index is 9.60. The molecule has 1 aliphatic heterocycles. The van der Waals surface area contributed by atoms with Crippen molar-refractivity contribution in [1.29, 1.82) is 0 Å². The van der Waals surface area contributed by atoms with Crippen molar-refractivity contribution in [1.82, 2.24) is 0 Å². The van der Waals surface area contributed by atoms with Gasteiger partial charge in [0.2, 0.25) is 0 Å². The Balaban J connectivity index is 0.000000157. The number of ether oxygens (including phenoxy) is 1. The number of carboxylic acid groups (broad SMARTS) is 1. The predicted octanol–water partition coefficient (Wildman–Crippen LogP) is 3.09. The van der Waals surface area contributed by atoms with E-state index < -0.39 is 5.97 Å². The van der Waals surface area contributed by atoms with Crippen LogP contribution in [0.4, 0.5) is 0 Å². The van der Waals surface area contributed by atoms with Crippen LogP contribution in [0.1, 0.15) is 19.8 Å². The molecule has 0 aromatic heterocycles. The summed E-state index contributed by atoms with van der Waals surface area (Å²) in [5, 5.41) is 7.89. The topological polar surface area (TPSA) is 49.8 Å². The van der Waals surface area contributed by atoms with Crippen LogP contribution in [0.25, 0.3) is 0 Å². The molecule has 88 valence electrons. The van der Waals surface area contributed by atoms with E-state index in [1.54, 1.807) is 0 Å². The van der Waals surface area contributed by atoms with Crippen LogP contribution >= 0.6 is 0 Å². The van der Waals surface area contributed by atoms with Gasteiger partial charge in [0.1, 0.15) is 0 Å². The molecular weight excluding hydrogens is 216 g/mol. The lowest BCUT2D eigenvalue weighted by atomic mass is 10.0. The van der Waals surface area contributed by atoms with Crippen molar-refractivity contribution < 1.29 is 14.6 Å². The highest BCUT2D eigenvalue weighted by Crippen LogP contribution is 2.46. The van der Waals surface area contributed by atoms with Gasteiger partial charge in [-0.1, -0.05) is 24.8 Å². The van der Waals surface area contributed by atoms with E-state index in [1.807, 2.05) is 0 Å². The number of hydrogen-bond acceptors (Lipinski definition) is 2. The molecule has 3 rings (SSSR count). The smallest absolute Gasteiger partial charge is 0.330 e. The van der Waals surface area contributed by atoms with Crippen molar-refractivity contribution in [3.05, 3.63) is 59.1 Å². The van der Waals surface area contributed by atoms with Crippen LogP contribution in [-0.4, -0.2) is 11.1 Å². The molecule has 17 heavy (non-hydrogen) atoms. The van der Waals surface area contributed by atoms with Crippen LogP contribution in [-0.2, 0) is 9.53 Å². The minimum Gasteiger partial charge on any atom is -0.478 e. The molecule has 3 nitrogen and oxygen atoms in total. The number of epoxide rings is 1. The van der Waals surface area contributed by atoms with Crippen molar-refractivity contribution in [2.75, 3.05) is 0 Å². The van der Waals surface area contributed by atoms with E-state index in [0.717, 1.165) is 24.4 Å². The van der Waals surface area contributed by atoms with Crippen molar-refractivity contribution in [3.8, 4) is 0 Å². The molecule has 1 saturated heterocycles. The largest absolute Gasteiger partial charge is 0.478 e. The summed E-state index contributed by atoms with van der Waals surface area (Å²) in [5.41, 5.74) is 3.02. The number of allylic oxidation sites excluding steroid dienone is 6. The Labute approximate surface area is 100 Å². The van der Waals surface area contributed by atoms with Gasteiger partial charge in [-0.3, -0.25) is 0 Å². The quantitative estimate of drug-likeness (QED) is 0.585. The zero-order chi connectivity index (χ0) is 12.4. The standard InChI is InChI=1S/C10H8O.C4H6O2/c1-2-4-7(3-1)8-5-6-9-10(8)11-9;1-3(2)4(5)6/h1-3,6H,4-5H2;1H2,2H3,(H,5,6). The number of rotatable bonds is 2. The van der Waals surface area contributed by atoms with Gasteiger partial charge in [0.25, 0.3) is 0 Å². The maximum absolute atomic E-state index is 9.60. The van der Waals surface area contributed by atoms with Crippen LogP contribution in [0, 0.1) is 0 Å². The fourth-order valence-corrected chi connectivity index (χ4v) is 1.66. The first-order valence-corrected chi connectivity index (χ1v) is 5.46. The van der Waals surface area contributed by atoms with E-state index in [2.05, 4.69) is 30.9 Å². The SMILES string of the molecule is C1=CCC(C2=C3OC3=CC2)=C1.C=C(C)C(=O)O. The Morgan fingerprint density at radius 1 is 1.47 bits per heavy atom. The first-order chi connectivity index (χ1) is 8.09. The van der Waals surface area contributed by atoms with Gasteiger partial charge in [-0.05, 0) is 31.4 Å². The number of hydrogen-bond donors (Lipinski definition) is 1. The van der Waals surface area contributed by atoms with Gasteiger partial charge in [-0.25, -0.2) is 4.79 Å². The Morgan fingerprint density at radius 3 is 2.53 bits per heavy atom. The number of aliphatic carboxylic acids is 1. The van der Waals surface area contributed by atoms with Gasteiger partial charge in [0.05, 0.1) is 0 Å². The first-order valence-electron chi connectivity index (χ1n) is 5.46. The van der Waals surface area contributed by atoms with Crippen LogP contribution in [0.5, 0.6) is 0 Å². The zero-order valence-electron chi connectivity index (χ0n) is 9.69. The lowest BCUT2D eigenvalue weighted by Gasteiger charge is -1.99. The highest BCUT2D eigenvalue weighted by molar-refractivity contribution is 5.84. The Hall–Kier alpha value is -2.03. The number of carbonyl (C=O) groups is 1. The highest BCUT2D eigenvalue weighted by Gasteiger charge is 2.34. The van der Waals surface area contributed by atoms with Crippen LogP contribution in [0.3, 0.4) is 0 Å². The Morgan fingerprint density at radius 2 is 2.18 bits per heavy atom. The summed E-state index contributed by atoms with van der Waals surface area (Å²) < 4.78 is 5.25. The summed E-state index contributed by atoms with van der Waals surface area (Å²) in [6.07, 6.45) is 10.8. The van der Waals surface area contributed by atoms with E-state index >= 15 is 0 Å². The minimum atomic E-state index is -0.935. The van der Waals surface area contributed by atoms with Crippen molar-refractivity contribution >= 4 is 5.97 Å². The molecule has 1 heterocycles. The molecule has 0 unspecified atom stereocenters. The van der Waals surface area contributed by atoms with Crippen LogP contribution < -0.4 is 0 Å². The fraction of sp³-hybridized carbons (Fsp3) is 0.214. The molecule has 3 aliphatic rings. The van der Waals surface area contributed by atoms with Gasteiger partial charge >= 0.3 is 5.97 Å². The maximum Gasteiger partial charge on any atom is 0.330 e. The molecule has 0 saturated carbocycles. The van der Waals surface area contributed by atoms with Gasteiger partial charge in [-0.2, -0.15) is 0 Å². The average molecular weight is 230 g/mol. The second-order valence-electron chi connectivity index (χ2n) is 4.09. The third kappa shape index (κ3) is 2.56. The fourth-order valence-electron chi connectivity index (χ4n) is 1.66. The van der Waals surface area contributed by atoms with Crippen molar-refractivity contribution in [3.63, 3.8) is 0 Å². The molecule has 0 bridgehead atoms. The number of fused-ring (bicyclic) bond motifs is 1. The molecule has 3 heteroatoms. The molecule has 0 aromatic rings. The van der Waals surface area contributed by atoms with E-state index in [4.69, 9.17) is 9.84 Å². The van der Waals surface area contributed by atoms with E-state index in [1.165, 1.54) is 18.1 Å². The van der Waals surface area contributed by atoms with Gasteiger partial charge in [-0.15, -0.1) is 0 Å². The zero-order valence-corrected chi connectivity index (χ0v) is 9.69. The lowest BCUT2D eigenvalue weighted by molar-refractivity contribution is -0.132. The molecule has 2 aliphatic carbocycles. The van der Waals surface area contributed by atoms with E-state index in [-0.39, 0.29) is 5.57 Å². The molecule has 0 atom stereocenters. The molecule has 0 spiro atoms. The Bertz CT molecular complexity index is 490. The molecule has 1 N–H and O–H groups in total. The first kappa shape index (κ1) is 11.5. The van der Waals surface area contributed by atoms with Gasteiger partial charge in [0, 0.05) is 11.1 Å². The van der Waals surface area contributed by atoms with E-state index in [0.29, 0.717) is 0 Å². The average Bonchev–Trinajstić information content (AvgIpc) is 2.74. The summed E-state index contributed by atoms with van der Waals surface area (Å²) >= 11 is 0. The summed E-state index contributed by atoms with van der Waals surface area (Å²) in [5.74, 6) is 1.34. The monoisotopic (exact) mass is 230 g/mol. The minimum absolute atomic E-state index is 0.176. The predicted molar refractivity (Wildman–Crippen MR) is 65.1 cm³/mol. The summed E-state index contributed by atoms with van der Waals surface area (Å²) in [7, 11) is 0. The van der Waals surface area contributed by atoms with Crippen LogP contribution in [0.15, 0.2) is 59.1 Å². The molecule has 0 aromatic carbocycles. The molecule has 0 amide bonds. The summed E-state index contributed by atoms with van der Waals surface area (Å²) in [4.78, 5) is 9.60. The lowest BCUT2D eigenvalue weighted by Crippen LogP contribution is -1.92. The van der Waals surface area contributed by atoms with E-state index in [9.17, 15) is 4.79 Å². The highest BCUT2D eigenvalue weighted by atomic mass is 16.6.